The molecule has 0 aliphatic rings. The van der Waals surface area contributed by atoms with Crippen LogP contribution in [0.4, 0.5) is 0 Å². The highest BCUT2D eigenvalue weighted by atomic mass is 32.2. The Balaban J connectivity index is 2.04. The normalized spacial score (nSPS) is 10.6. The lowest BCUT2D eigenvalue weighted by Gasteiger charge is -2.15. The van der Waals surface area contributed by atoms with Crippen molar-refractivity contribution in [1.29, 1.82) is 0 Å². The van der Waals surface area contributed by atoms with Crippen molar-refractivity contribution >= 4 is 34.5 Å². The molecule has 0 fully saturated rings. The Morgan fingerprint density at radius 1 is 1.07 bits per heavy atom. The Labute approximate surface area is 159 Å². The van der Waals surface area contributed by atoms with E-state index in [9.17, 15) is 14.4 Å². The number of carbonyl (C=O) groups is 2. The van der Waals surface area contributed by atoms with Crippen molar-refractivity contribution in [3.8, 4) is 5.69 Å². The van der Waals surface area contributed by atoms with Gasteiger partial charge in [0.05, 0.1) is 22.3 Å². The molecule has 0 aliphatic heterocycles. The van der Waals surface area contributed by atoms with E-state index in [-0.39, 0.29) is 17.2 Å². The molecule has 0 saturated carbocycles. The van der Waals surface area contributed by atoms with Gasteiger partial charge in [0.15, 0.2) is 5.16 Å². The van der Waals surface area contributed by atoms with Gasteiger partial charge in [0, 0.05) is 6.92 Å². The summed E-state index contributed by atoms with van der Waals surface area (Å²) in [6.45, 7) is 3.21. The van der Waals surface area contributed by atoms with E-state index in [1.807, 2.05) is 37.3 Å². The maximum absolute atomic E-state index is 13.1. The SMILES string of the molecule is CC(=O)NNC(=O)CSc1nc2ccccc2c(=O)n1-c1ccccc1C. The Morgan fingerprint density at radius 3 is 2.52 bits per heavy atom. The van der Waals surface area contributed by atoms with Crippen LogP contribution in [-0.2, 0) is 9.59 Å². The van der Waals surface area contributed by atoms with Crippen LogP contribution in [0.3, 0.4) is 0 Å². The number of amides is 2. The summed E-state index contributed by atoms with van der Waals surface area (Å²) in [6, 6.07) is 14.6. The Kier molecular flexibility index (Phi) is 5.56. The van der Waals surface area contributed by atoms with Crippen LogP contribution in [0.25, 0.3) is 16.6 Å². The standard InChI is InChI=1S/C19H18N4O3S/c1-12-7-3-6-10-16(12)23-18(26)14-8-4-5-9-15(14)20-19(23)27-11-17(25)22-21-13(2)24/h3-10H,11H2,1-2H3,(H,21,24)(H,22,25). The van der Waals surface area contributed by atoms with E-state index < -0.39 is 5.91 Å². The first-order valence-corrected chi connectivity index (χ1v) is 9.22. The van der Waals surface area contributed by atoms with Gasteiger partial charge in [-0.2, -0.15) is 0 Å². The number of benzene rings is 2. The summed E-state index contributed by atoms with van der Waals surface area (Å²) in [7, 11) is 0. The number of aryl methyl sites for hydroxylation is 1. The molecular formula is C19H18N4O3S. The zero-order valence-electron chi connectivity index (χ0n) is 14.9. The van der Waals surface area contributed by atoms with E-state index in [4.69, 9.17) is 0 Å². The molecule has 1 aromatic heterocycles. The summed E-state index contributed by atoms with van der Waals surface area (Å²) < 4.78 is 1.52. The first-order valence-electron chi connectivity index (χ1n) is 8.23. The number of nitrogens with one attached hydrogen (secondary N) is 2. The number of hydrazine groups is 1. The van der Waals surface area contributed by atoms with Gasteiger partial charge in [-0.15, -0.1) is 0 Å². The molecule has 1 heterocycles. The molecule has 0 saturated heterocycles. The fourth-order valence-corrected chi connectivity index (χ4v) is 3.37. The minimum absolute atomic E-state index is 0.00303. The van der Waals surface area contributed by atoms with Gasteiger partial charge in [0.1, 0.15) is 0 Å². The van der Waals surface area contributed by atoms with Crippen molar-refractivity contribution in [2.45, 2.75) is 19.0 Å². The fourth-order valence-electron chi connectivity index (χ4n) is 2.56. The van der Waals surface area contributed by atoms with Crippen molar-refractivity contribution in [3.05, 3.63) is 64.4 Å². The number of para-hydroxylation sites is 2. The van der Waals surface area contributed by atoms with E-state index in [0.717, 1.165) is 17.3 Å². The molecule has 27 heavy (non-hydrogen) atoms. The van der Waals surface area contributed by atoms with Crippen LogP contribution in [0.2, 0.25) is 0 Å². The van der Waals surface area contributed by atoms with E-state index in [1.165, 1.54) is 11.5 Å². The third kappa shape index (κ3) is 4.17. The van der Waals surface area contributed by atoms with Crippen LogP contribution in [0, 0.1) is 6.92 Å². The molecule has 0 spiro atoms. The Bertz CT molecular complexity index is 1080. The number of fused-ring (bicyclic) bond motifs is 1. The van der Waals surface area contributed by atoms with E-state index in [0.29, 0.717) is 21.7 Å². The lowest BCUT2D eigenvalue weighted by Crippen LogP contribution is -2.41. The van der Waals surface area contributed by atoms with Gasteiger partial charge in [-0.3, -0.25) is 29.8 Å². The zero-order valence-corrected chi connectivity index (χ0v) is 15.7. The molecule has 2 N–H and O–H groups in total. The van der Waals surface area contributed by atoms with Gasteiger partial charge < -0.3 is 0 Å². The van der Waals surface area contributed by atoms with Gasteiger partial charge in [0.2, 0.25) is 11.8 Å². The van der Waals surface area contributed by atoms with Crippen LogP contribution in [0.5, 0.6) is 0 Å². The van der Waals surface area contributed by atoms with Gasteiger partial charge in [-0.25, -0.2) is 4.98 Å². The van der Waals surface area contributed by atoms with E-state index in [1.54, 1.807) is 18.2 Å². The highest BCUT2D eigenvalue weighted by Crippen LogP contribution is 2.22. The number of carbonyl (C=O) groups excluding carboxylic acids is 2. The first-order chi connectivity index (χ1) is 13.0. The lowest BCUT2D eigenvalue weighted by atomic mass is 10.2. The molecule has 0 unspecified atom stereocenters. The quantitative estimate of drug-likeness (QED) is 0.409. The second-order valence-electron chi connectivity index (χ2n) is 5.86. The number of aromatic nitrogens is 2. The second kappa shape index (κ2) is 8.05. The highest BCUT2D eigenvalue weighted by molar-refractivity contribution is 7.99. The monoisotopic (exact) mass is 382 g/mol. The molecule has 2 amide bonds. The van der Waals surface area contributed by atoms with Crippen molar-refractivity contribution in [3.63, 3.8) is 0 Å². The van der Waals surface area contributed by atoms with E-state index >= 15 is 0 Å². The Morgan fingerprint density at radius 2 is 1.78 bits per heavy atom. The highest BCUT2D eigenvalue weighted by Gasteiger charge is 2.15. The molecule has 8 heteroatoms. The average Bonchev–Trinajstić information content (AvgIpc) is 2.66. The summed E-state index contributed by atoms with van der Waals surface area (Å²) in [6.07, 6.45) is 0. The van der Waals surface area contributed by atoms with Crippen molar-refractivity contribution < 1.29 is 9.59 Å². The Hall–Kier alpha value is -3.13. The van der Waals surface area contributed by atoms with Gasteiger partial charge in [0.25, 0.3) is 5.56 Å². The van der Waals surface area contributed by atoms with E-state index in [2.05, 4.69) is 15.8 Å². The van der Waals surface area contributed by atoms with Gasteiger partial charge in [-0.1, -0.05) is 42.1 Å². The first kappa shape index (κ1) is 18.7. The number of hydrogen-bond acceptors (Lipinski definition) is 5. The van der Waals surface area contributed by atoms with Gasteiger partial charge in [-0.05, 0) is 30.7 Å². The summed E-state index contributed by atoms with van der Waals surface area (Å²) in [4.78, 5) is 40.5. The van der Waals surface area contributed by atoms with Crippen LogP contribution >= 0.6 is 11.8 Å². The minimum atomic E-state index is -0.394. The van der Waals surface area contributed by atoms with Crippen LogP contribution in [0.1, 0.15) is 12.5 Å². The molecule has 0 radical (unpaired) electrons. The summed E-state index contributed by atoms with van der Waals surface area (Å²) in [5.41, 5.74) is 6.54. The average molecular weight is 382 g/mol. The van der Waals surface area contributed by atoms with Crippen molar-refractivity contribution in [1.82, 2.24) is 20.4 Å². The van der Waals surface area contributed by atoms with Crippen LogP contribution in [0.15, 0.2) is 58.5 Å². The van der Waals surface area contributed by atoms with Crippen LogP contribution < -0.4 is 16.4 Å². The fraction of sp³-hybridized carbons (Fsp3) is 0.158. The minimum Gasteiger partial charge on any atom is -0.274 e. The summed E-state index contributed by atoms with van der Waals surface area (Å²) >= 11 is 1.13. The smallest absolute Gasteiger partial charge is 0.266 e. The number of hydrogen-bond donors (Lipinski definition) is 2. The number of rotatable bonds is 4. The lowest BCUT2D eigenvalue weighted by molar-refractivity contribution is -0.126. The zero-order chi connectivity index (χ0) is 19.4. The molecule has 0 aliphatic carbocycles. The van der Waals surface area contributed by atoms with Gasteiger partial charge >= 0.3 is 0 Å². The summed E-state index contributed by atoms with van der Waals surface area (Å²) in [5.74, 6) is -0.764. The predicted octanol–water partition coefficient (Wildman–Crippen LogP) is 1.95. The summed E-state index contributed by atoms with van der Waals surface area (Å²) in [5, 5.41) is 0.916. The molecule has 0 bridgehead atoms. The van der Waals surface area contributed by atoms with Crippen molar-refractivity contribution in [2.75, 3.05) is 5.75 Å². The molecule has 7 nitrogen and oxygen atoms in total. The molecule has 2 aromatic carbocycles. The van der Waals surface area contributed by atoms with Crippen LogP contribution in [-0.4, -0.2) is 27.1 Å². The predicted molar refractivity (Wildman–Crippen MR) is 105 cm³/mol. The number of thioether (sulfide) groups is 1. The molecule has 138 valence electrons. The molecule has 0 atom stereocenters. The molecule has 3 aromatic rings. The largest absolute Gasteiger partial charge is 0.274 e. The third-order valence-electron chi connectivity index (χ3n) is 3.81. The maximum Gasteiger partial charge on any atom is 0.266 e. The molecule has 3 rings (SSSR count). The topological polar surface area (TPSA) is 93.1 Å². The molecular weight excluding hydrogens is 364 g/mol. The third-order valence-corrected chi connectivity index (χ3v) is 4.75. The maximum atomic E-state index is 13.1. The van der Waals surface area contributed by atoms with Crippen molar-refractivity contribution in [2.24, 2.45) is 0 Å². The second-order valence-corrected chi connectivity index (χ2v) is 6.80. The number of nitrogens with zero attached hydrogens (tertiary/aromatic N) is 2.